The Labute approximate surface area is 105 Å². The Bertz CT molecular complexity index is 517. The van der Waals surface area contributed by atoms with Crippen molar-refractivity contribution >= 4 is 11.3 Å². The molecule has 0 radical (unpaired) electrons. The van der Waals surface area contributed by atoms with Gasteiger partial charge in [-0.05, 0) is 43.2 Å². The van der Waals surface area contributed by atoms with Gasteiger partial charge in [0.25, 0.3) is 0 Å². The fraction of sp³-hybridized carbons (Fsp3) is 0.286. The lowest BCUT2D eigenvalue weighted by molar-refractivity contribution is 0.219. The average Bonchev–Trinajstić information content (AvgIpc) is 2.67. The fourth-order valence-corrected chi connectivity index (χ4v) is 2.87. The van der Waals surface area contributed by atoms with Gasteiger partial charge in [-0.3, -0.25) is 0 Å². The van der Waals surface area contributed by atoms with Gasteiger partial charge in [0.05, 0.1) is 7.11 Å². The molecule has 0 bridgehead atoms. The van der Waals surface area contributed by atoms with E-state index >= 15 is 0 Å². The van der Waals surface area contributed by atoms with Crippen molar-refractivity contribution in [3.05, 3.63) is 51.2 Å². The van der Waals surface area contributed by atoms with Crippen LogP contribution in [0.15, 0.2) is 30.3 Å². The van der Waals surface area contributed by atoms with Gasteiger partial charge in [-0.2, -0.15) is 0 Å². The van der Waals surface area contributed by atoms with Gasteiger partial charge in [-0.1, -0.05) is 12.1 Å². The summed E-state index contributed by atoms with van der Waals surface area (Å²) in [6, 6.07) is 9.61. The van der Waals surface area contributed by atoms with Crippen LogP contribution in [0.25, 0.3) is 0 Å². The normalized spacial score (nSPS) is 12.5. The lowest BCUT2D eigenvalue weighted by Gasteiger charge is -2.12. The van der Waals surface area contributed by atoms with Crippen molar-refractivity contribution in [3.63, 3.8) is 0 Å². The van der Waals surface area contributed by atoms with Gasteiger partial charge in [-0.15, -0.1) is 11.3 Å². The van der Waals surface area contributed by atoms with Crippen LogP contribution in [0, 0.1) is 13.8 Å². The molecule has 1 aromatic heterocycles. The van der Waals surface area contributed by atoms with Crippen LogP contribution in [0.1, 0.15) is 27.0 Å². The molecule has 1 aromatic carbocycles. The summed E-state index contributed by atoms with van der Waals surface area (Å²) in [5.74, 6) is 0.770. The van der Waals surface area contributed by atoms with E-state index in [0.29, 0.717) is 0 Å². The first kappa shape index (κ1) is 12.1. The van der Waals surface area contributed by atoms with Crippen LogP contribution in [0.5, 0.6) is 5.75 Å². The van der Waals surface area contributed by atoms with Crippen LogP contribution in [0.3, 0.4) is 0 Å². The number of benzene rings is 1. The van der Waals surface area contributed by atoms with E-state index in [-0.39, 0.29) is 0 Å². The molecule has 0 fully saturated rings. The fourth-order valence-electron chi connectivity index (χ4n) is 1.91. The molecule has 2 nitrogen and oxygen atoms in total. The van der Waals surface area contributed by atoms with Crippen molar-refractivity contribution in [2.24, 2.45) is 0 Å². The van der Waals surface area contributed by atoms with Crippen LogP contribution in [0.2, 0.25) is 0 Å². The SMILES string of the molecule is COc1cccc(C(O)c2cc(C)sc2C)c1. The van der Waals surface area contributed by atoms with E-state index in [9.17, 15) is 5.11 Å². The second kappa shape index (κ2) is 4.90. The zero-order chi connectivity index (χ0) is 12.4. The highest BCUT2D eigenvalue weighted by molar-refractivity contribution is 7.12. The number of ether oxygens (including phenoxy) is 1. The van der Waals surface area contributed by atoms with Crippen LogP contribution in [0.4, 0.5) is 0 Å². The molecular weight excluding hydrogens is 232 g/mol. The number of hydrogen-bond acceptors (Lipinski definition) is 3. The van der Waals surface area contributed by atoms with Crippen LogP contribution < -0.4 is 4.74 Å². The van der Waals surface area contributed by atoms with E-state index in [0.717, 1.165) is 21.8 Å². The van der Waals surface area contributed by atoms with E-state index in [2.05, 4.69) is 6.92 Å². The first-order valence-corrected chi connectivity index (χ1v) is 6.32. The summed E-state index contributed by atoms with van der Waals surface area (Å²) in [6.07, 6.45) is -0.574. The molecule has 17 heavy (non-hydrogen) atoms. The van der Waals surface area contributed by atoms with Crippen molar-refractivity contribution in [3.8, 4) is 5.75 Å². The number of aryl methyl sites for hydroxylation is 2. The Hall–Kier alpha value is -1.32. The summed E-state index contributed by atoms with van der Waals surface area (Å²) >= 11 is 1.71. The third-order valence-corrected chi connectivity index (χ3v) is 3.77. The molecule has 0 saturated carbocycles. The van der Waals surface area contributed by atoms with Gasteiger partial charge < -0.3 is 9.84 Å². The van der Waals surface area contributed by atoms with E-state index in [1.165, 1.54) is 4.88 Å². The molecule has 2 aromatic rings. The molecule has 3 heteroatoms. The monoisotopic (exact) mass is 248 g/mol. The van der Waals surface area contributed by atoms with E-state index in [1.807, 2.05) is 37.3 Å². The quantitative estimate of drug-likeness (QED) is 0.901. The number of hydrogen-bond donors (Lipinski definition) is 1. The summed E-state index contributed by atoms with van der Waals surface area (Å²) in [4.78, 5) is 2.39. The summed E-state index contributed by atoms with van der Waals surface area (Å²) in [7, 11) is 1.63. The zero-order valence-electron chi connectivity index (χ0n) is 10.2. The highest BCUT2D eigenvalue weighted by atomic mass is 32.1. The van der Waals surface area contributed by atoms with Gasteiger partial charge in [0.15, 0.2) is 0 Å². The first-order chi connectivity index (χ1) is 8.11. The largest absolute Gasteiger partial charge is 0.497 e. The first-order valence-electron chi connectivity index (χ1n) is 5.50. The maximum atomic E-state index is 10.4. The summed E-state index contributed by atoms with van der Waals surface area (Å²) < 4.78 is 5.17. The number of aliphatic hydroxyl groups excluding tert-OH is 1. The molecule has 1 unspecified atom stereocenters. The van der Waals surface area contributed by atoms with E-state index in [4.69, 9.17) is 4.74 Å². The molecule has 0 aliphatic heterocycles. The van der Waals surface area contributed by atoms with Crippen molar-refractivity contribution in [1.29, 1.82) is 0 Å². The third kappa shape index (κ3) is 2.51. The zero-order valence-corrected chi connectivity index (χ0v) is 11.0. The molecular formula is C14H16O2S. The maximum Gasteiger partial charge on any atom is 0.119 e. The van der Waals surface area contributed by atoms with Gasteiger partial charge in [0, 0.05) is 9.75 Å². The van der Waals surface area contributed by atoms with E-state index < -0.39 is 6.10 Å². The Balaban J connectivity index is 2.36. The Kier molecular flexibility index (Phi) is 3.50. The third-order valence-electron chi connectivity index (χ3n) is 2.78. The molecule has 0 spiro atoms. The van der Waals surface area contributed by atoms with Crippen LogP contribution >= 0.6 is 11.3 Å². The Morgan fingerprint density at radius 2 is 2.00 bits per heavy atom. The van der Waals surface area contributed by atoms with Gasteiger partial charge in [0.1, 0.15) is 11.9 Å². The van der Waals surface area contributed by atoms with Crippen molar-refractivity contribution < 1.29 is 9.84 Å². The molecule has 1 heterocycles. The predicted octanol–water partition coefficient (Wildman–Crippen LogP) is 3.46. The molecule has 0 saturated heterocycles. The van der Waals surface area contributed by atoms with Crippen LogP contribution in [-0.2, 0) is 0 Å². The summed E-state index contributed by atoms with van der Waals surface area (Å²) in [5.41, 5.74) is 1.85. The second-order valence-corrected chi connectivity index (χ2v) is 5.51. The standard InChI is InChI=1S/C14H16O2S/c1-9-7-13(10(2)17-9)14(15)11-5-4-6-12(8-11)16-3/h4-8,14-15H,1-3H3. The molecule has 1 N–H and O–H groups in total. The molecule has 0 aliphatic rings. The molecule has 0 amide bonds. The average molecular weight is 248 g/mol. The molecule has 0 aliphatic carbocycles. The summed E-state index contributed by atoms with van der Waals surface area (Å²) in [5, 5.41) is 10.4. The van der Waals surface area contributed by atoms with E-state index in [1.54, 1.807) is 18.4 Å². The van der Waals surface area contributed by atoms with Gasteiger partial charge in [0.2, 0.25) is 0 Å². The number of methoxy groups -OCH3 is 1. The number of thiophene rings is 1. The number of rotatable bonds is 3. The lowest BCUT2D eigenvalue weighted by Crippen LogP contribution is -2.00. The minimum absolute atomic E-state index is 0.574. The predicted molar refractivity (Wildman–Crippen MR) is 70.8 cm³/mol. The highest BCUT2D eigenvalue weighted by Gasteiger charge is 2.15. The van der Waals surface area contributed by atoms with Gasteiger partial charge >= 0.3 is 0 Å². The maximum absolute atomic E-state index is 10.4. The van der Waals surface area contributed by atoms with Crippen molar-refractivity contribution in [1.82, 2.24) is 0 Å². The number of aliphatic hydroxyl groups is 1. The molecule has 2 rings (SSSR count). The van der Waals surface area contributed by atoms with Crippen LogP contribution in [-0.4, -0.2) is 12.2 Å². The molecule has 1 atom stereocenters. The Morgan fingerprint density at radius 3 is 2.59 bits per heavy atom. The van der Waals surface area contributed by atoms with Crippen molar-refractivity contribution in [2.45, 2.75) is 20.0 Å². The Morgan fingerprint density at radius 1 is 1.24 bits per heavy atom. The highest BCUT2D eigenvalue weighted by Crippen LogP contribution is 2.31. The second-order valence-electron chi connectivity index (χ2n) is 4.05. The molecule has 90 valence electrons. The smallest absolute Gasteiger partial charge is 0.119 e. The minimum atomic E-state index is -0.574. The lowest BCUT2D eigenvalue weighted by atomic mass is 10.0. The van der Waals surface area contributed by atoms with Crippen molar-refractivity contribution in [2.75, 3.05) is 7.11 Å². The van der Waals surface area contributed by atoms with Gasteiger partial charge in [-0.25, -0.2) is 0 Å². The minimum Gasteiger partial charge on any atom is -0.497 e. The topological polar surface area (TPSA) is 29.5 Å². The summed E-state index contributed by atoms with van der Waals surface area (Å²) in [6.45, 7) is 4.09.